The van der Waals surface area contributed by atoms with Crippen molar-refractivity contribution in [3.8, 4) is 0 Å². The van der Waals surface area contributed by atoms with Crippen LogP contribution in [0.15, 0.2) is 56.7 Å². The van der Waals surface area contributed by atoms with Gasteiger partial charge in [-0.3, -0.25) is 4.79 Å². The molecule has 0 fully saturated rings. The molecule has 1 amide bonds. The molecular weight excluding hydrogens is 336 g/mol. The molecule has 0 aliphatic carbocycles. The first kappa shape index (κ1) is 14.9. The summed E-state index contributed by atoms with van der Waals surface area (Å²) in [6.07, 6.45) is 0. The highest BCUT2D eigenvalue weighted by Crippen LogP contribution is 2.35. The van der Waals surface area contributed by atoms with Crippen LogP contribution in [-0.4, -0.2) is 24.9 Å². The number of hydrogen-bond donors (Lipinski definition) is 1. The van der Waals surface area contributed by atoms with Gasteiger partial charge in [-0.15, -0.1) is 0 Å². The summed E-state index contributed by atoms with van der Waals surface area (Å²) in [4.78, 5) is 15.6. The van der Waals surface area contributed by atoms with E-state index in [2.05, 4.69) is 15.9 Å². The standard InChI is InChI=1S/C15H15BrN2OS/c1-18(2)15(19)11-5-3-4-6-13(11)20-14-8-7-10(16)9-12(14)17/h3-9H,17H2,1-2H3. The van der Waals surface area contributed by atoms with Crippen molar-refractivity contribution in [1.29, 1.82) is 0 Å². The van der Waals surface area contributed by atoms with Gasteiger partial charge in [-0.25, -0.2) is 0 Å². The van der Waals surface area contributed by atoms with Gasteiger partial charge < -0.3 is 10.6 Å². The second-order valence-electron chi connectivity index (χ2n) is 4.48. The van der Waals surface area contributed by atoms with Gasteiger partial charge in [0.2, 0.25) is 0 Å². The number of benzene rings is 2. The van der Waals surface area contributed by atoms with Crippen LogP contribution in [0.25, 0.3) is 0 Å². The molecule has 2 aromatic carbocycles. The van der Waals surface area contributed by atoms with Gasteiger partial charge in [-0.05, 0) is 30.3 Å². The minimum atomic E-state index is -0.0104. The summed E-state index contributed by atoms with van der Waals surface area (Å²) in [5.74, 6) is -0.0104. The Bertz CT molecular complexity index is 644. The highest BCUT2D eigenvalue weighted by Gasteiger charge is 2.14. The van der Waals surface area contributed by atoms with Crippen molar-refractivity contribution in [2.45, 2.75) is 9.79 Å². The van der Waals surface area contributed by atoms with Crippen LogP contribution in [0.1, 0.15) is 10.4 Å². The van der Waals surface area contributed by atoms with Gasteiger partial charge in [-0.1, -0.05) is 39.8 Å². The molecule has 0 aromatic heterocycles. The van der Waals surface area contributed by atoms with Crippen molar-refractivity contribution < 1.29 is 4.79 Å². The number of rotatable bonds is 3. The second kappa shape index (κ2) is 6.33. The summed E-state index contributed by atoms with van der Waals surface area (Å²) < 4.78 is 0.942. The highest BCUT2D eigenvalue weighted by molar-refractivity contribution is 9.10. The fourth-order valence-corrected chi connectivity index (χ4v) is 3.04. The SMILES string of the molecule is CN(C)C(=O)c1ccccc1Sc1ccc(Br)cc1N. The quantitative estimate of drug-likeness (QED) is 0.854. The molecule has 0 spiro atoms. The van der Waals surface area contributed by atoms with Crippen molar-refractivity contribution >= 4 is 39.3 Å². The number of amides is 1. The van der Waals surface area contributed by atoms with Gasteiger partial charge in [0.05, 0.1) is 5.56 Å². The van der Waals surface area contributed by atoms with Crippen LogP contribution in [0.2, 0.25) is 0 Å². The molecule has 2 aromatic rings. The lowest BCUT2D eigenvalue weighted by Crippen LogP contribution is -2.22. The number of halogens is 1. The lowest BCUT2D eigenvalue weighted by molar-refractivity contribution is 0.0824. The van der Waals surface area contributed by atoms with Crippen molar-refractivity contribution in [3.63, 3.8) is 0 Å². The Hall–Kier alpha value is -1.46. The molecule has 0 heterocycles. The maximum Gasteiger partial charge on any atom is 0.254 e. The lowest BCUT2D eigenvalue weighted by Gasteiger charge is -2.14. The molecule has 20 heavy (non-hydrogen) atoms. The smallest absolute Gasteiger partial charge is 0.254 e. The van der Waals surface area contributed by atoms with E-state index in [1.54, 1.807) is 19.0 Å². The first-order valence-corrected chi connectivity index (χ1v) is 7.63. The zero-order valence-electron chi connectivity index (χ0n) is 11.3. The van der Waals surface area contributed by atoms with Crippen LogP contribution in [-0.2, 0) is 0 Å². The molecule has 3 nitrogen and oxygen atoms in total. The summed E-state index contributed by atoms with van der Waals surface area (Å²) in [6.45, 7) is 0. The topological polar surface area (TPSA) is 46.3 Å². The summed E-state index contributed by atoms with van der Waals surface area (Å²) in [6, 6.07) is 13.3. The van der Waals surface area contributed by atoms with E-state index in [4.69, 9.17) is 5.73 Å². The molecule has 0 saturated carbocycles. The summed E-state index contributed by atoms with van der Waals surface area (Å²) in [7, 11) is 3.50. The van der Waals surface area contributed by atoms with Crippen LogP contribution in [0.5, 0.6) is 0 Å². The molecule has 2 rings (SSSR count). The van der Waals surface area contributed by atoms with Gasteiger partial charge in [0.15, 0.2) is 0 Å². The van der Waals surface area contributed by atoms with E-state index < -0.39 is 0 Å². The summed E-state index contributed by atoms with van der Waals surface area (Å²) in [5, 5.41) is 0. The van der Waals surface area contributed by atoms with E-state index in [9.17, 15) is 4.79 Å². The maximum absolute atomic E-state index is 12.2. The molecule has 0 saturated heterocycles. The Balaban J connectivity index is 2.36. The minimum Gasteiger partial charge on any atom is -0.398 e. The number of nitrogens with zero attached hydrogens (tertiary/aromatic N) is 1. The van der Waals surface area contributed by atoms with E-state index in [0.717, 1.165) is 14.3 Å². The maximum atomic E-state index is 12.2. The number of nitrogens with two attached hydrogens (primary N) is 1. The molecule has 2 N–H and O–H groups in total. The van der Waals surface area contributed by atoms with Crippen LogP contribution >= 0.6 is 27.7 Å². The molecule has 0 aliphatic rings. The normalized spacial score (nSPS) is 10.3. The Kier molecular flexibility index (Phi) is 4.73. The average molecular weight is 351 g/mol. The fourth-order valence-electron chi connectivity index (χ4n) is 1.70. The van der Waals surface area contributed by atoms with Gasteiger partial charge in [0, 0.05) is 34.0 Å². The van der Waals surface area contributed by atoms with Crippen molar-refractivity contribution in [2.24, 2.45) is 0 Å². The number of carbonyl (C=O) groups excluding carboxylic acids is 1. The molecule has 104 valence electrons. The molecule has 0 atom stereocenters. The number of nitrogen functional groups attached to an aromatic ring is 1. The predicted molar refractivity (Wildman–Crippen MR) is 87.1 cm³/mol. The third kappa shape index (κ3) is 3.35. The Labute approximate surface area is 131 Å². The van der Waals surface area contributed by atoms with Gasteiger partial charge >= 0.3 is 0 Å². The second-order valence-corrected chi connectivity index (χ2v) is 6.48. The van der Waals surface area contributed by atoms with Crippen LogP contribution in [0.3, 0.4) is 0 Å². The summed E-state index contributed by atoms with van der Waals surface area (Å²) >= 11 is 4.89. The van der Waals surface area contributed by atoms with Gasteiger partial charge in [-0.2, -0.15) is 0 Å². The van der Waals surface area contributed by atoms with Crippen LogP contribution < -0.4 is 5.73 Å². The Morgan fingerprint density at radius 3 is 2.50 bits per heavy atom. The van der Waals surface area contributed by atoms with Crippen LogP contribution in [0, 0.1) is 0 Å². The largest absolute Gasteiger partial charge is 0.398 e. The monoisotopic (exact) mass is 350 g/mol. The Morgan fingerprint density at radius 1 is 1.15 bits per heavy atom. The molecule has 0 bridgehead atoms. The summed E-state index contributed by atoms with van der Waals surface area (Å²) in [5.41, 5.74) is 7.39. The zero-order chi connectivity index (χ0) is 14.7. The van der Waals surface area contributed by atoms with Crippen LogP contribution in [0.4, 0.5) is 5.69 Å². The lowest BCUT2D eigenvalue weighted by atomic mass is 10.2. The third-order valence-electron chi connectivity index (χ3n) is 2.72. The molecule has 0 radical (unpaired) electrons. The van der Waals surface area contributed by atoms with Gasteiger partial charge in [0.25, 0.3) is 5.91 Å². The predicted octanol–water partition coefficient (Wildman–Crippen LogP) is 3.88. The molecular formula is C15H15BrN2OS. The van der Waals surface area contributed by atoms with Crippen molar-refractivity contribution in [3.05, 3.63) is 52.5 Å². The first-order valence-electron chi connectivity index (χ1n) is 6.02. The first-order chi connectivity index (χ1) is 9.49. The zero-order valence-corrected chi connectivity index (χ0v) is 13.7. The number of anilines is 1. The Morgan fingerprint density at radius 2 is 1.85 bits per heavy atom. The number of carbonyl (C=O) groups is 1. The van der Waals surface area contributed by atoms with Gasteiger partial charge in [0.1, 0.15) is 0 Å². The molecule has 0 unspecified atom stereocenters. The minimum absolute atomic E-state index is 0.0104. The third-order valence-corrected chi connectivity index (χ3v) is 4.38. The van der Waals surface area contributed by atoms with E-state index in [1.807, 2.05) is 42.5 Å². The molecule has 0 aliphatic heterocycles. The fraction of sp³-hybridized carbons (Fsp3) is 0.133. The van der Waals surface area contributed by atoms with Crippen molar-refractivity contribution in [2.75, 3.05) is 19.8 Å². The average Bonchev–Trinajstić information content (AvgIpc) is 2.41. The number of hydrogen-bond acceptors (Lipinski definition) is 3. The van der Waals surface area contributed by atoms with Crippen molar-refractivity contribution in [1.82, 2.24) is 4.90 Å². The van der Waals surface area contributed by atoms with E-state index in [0.29, 0.717) is 11.3 Å². The molecule has 5 heteroatoms. The highest BCUT2D eigenvalue weighted by atomic mass is 79.9. The van der Waals surface area contributed by atoms with E-state index >= 15 is 0 Å². The van der Waals surface area contributed by atoms with E-state index in [-0.39, 0.29) is 5.91 Å². The van der Waals surface area contributed by atoms with E-state index in [1.165, 1.54) is 11.8 Å².